The lowest BCUT2D eigenvalue weighted by Crippen LogP contribution is -2.18. The number of carbonyl (C=O) groups excluding carboxylic acids is 2. The van der Waals surface area contributed by atoms with Crippen LogP contribution in [-0.2, 0) is 16.0 Å². The summed E-state index contributed by atoms with van der Waals surface area (Å²) in [7, 11) is 0. The first-order chi connectivity index (χ1) is 16.6. The summed E-state index contributed by atoms with van der Waals surface area (Å²) >= 11 is 3.53. The van der Waals surface area contributed by atoms with E-state index in [0.29, 0.717) is 17.9 Å². The molecule has 0 spiro atoms. The van der Waals surface area contributed by atoms with Crippen LogP contribution in [0.1, 0.15) is 22.3 Å². The normalized spacial score (nSPS) is 10.6. The second-order valence-electron chi connectivity index (χ2n) is 7.61. The molecule has 0 atom stereocenters. The van der Waals surface area contributed by atoms with E-state index in [1.807, 2.05) is 60.7 Å². The van der Waals surface area contributed by atoms with Gasteiger partial charge in [-0.15, -0.1) is 0 Å². The highest BCUT2D eigenvalue weighted by molar-refractivity contribution is 9.10. The van der Waals surface area contributed by atoms with E-state index in [-0.39, 0.29) is 12.4 Å². The Bertz CT molecular complexity index is 1290. The lowest BCUT2D eigenvalue weighted by atomic mass is 10.1. The minimum absolute atomic E-state index is 0.255. The van der Waals surface area contributed by atoms with Gasteiger partial charge in [0.25, 0.3) is 0 Å². The first-order valence-electron chi connectivity index (χ1n) is 10.9. The Hall–Kier alpha value is -3.64. The van der Waals surface area contributed by atoms with Crippen molar-refractivity contribution in [1.29, 1.82) is 0 Å². The van der Waals surface area contributed by atoms with Gasteiger partial charge in [-0.05, 0) is 69.4 Å². The van der Waals surface area contributed by atoms with Crippen molar-refractivity contribution in [2.24, 2.45) is 0 Å². The number of aryl methyl sites for hydroxylation is 1. The van der Waals surface area contributed by atoms with Crippen molar-refractivity contribution in [3.8, 4) is 11.5 Å². The molecule has 0 amide bonds. The fourth-order valence-electron chi connectivity index (χ4n) is 3.48. The fourth-order valence-corrected chi connectivity index (χ4v) is 4.09. The fraction of sp³-hybridized carbons (Fsp3) is 0.143. The molecular formula is C28H23BrO5. The molecule has 0 aromatic heterocycles. The lowest BCUT2D eigenvalue weighted by Gasteiger charge is -2.11. The number of fused-ring (bicyclic) bond motifs is 1. The first-order valence-corrected chi connectivity index (χ1v) is 11.7. The summed E-state index contributed by atoms with van der Waals surface area (Å²) in [5, 5.41) is 2.05. The minimum atomic E-state index is -0.576. The molecule has 0 bridgehead atoms. The van der Waals surface area contributed by atoms with Crippen molar-refractivity contribution >= 4 is 38.6 Å². The van der Waals surface area contributed by atoms with E-state index in [9.17, 15) is 9.59 Å². The van der Waals surface area contributed by atoms with E-state index in [4.69, 9.17) is 14.2 Å². The molecule has 0 radical (unpaired) electrons. The Morgan fingerprint density at radius 3 is 2.47 bits per heavy atom. The molecule has 172 valence electrons. The topological polar surface area (TPSA) is 61.8 Å². The maximum absolute atomic E-state index is 12.4. The van der Waals surface area contributed by atoms with Gasteiger partial charge in [0.1, 0.15) is 11.5 Å². The summed E-state index contributed by atoms with van der Waals surface area (Å²) in [6.07, 6.45) is 1.56. The summed E-state index contributed by atoms with van der Waals surface area (Å²) in [5.41, 5.74) is 1.52. The van der Waals surface area contributed by atoms with E-state index >= 15 is 0 Å². The van der Waals surface area contributed by atoms with Crippen LogP contribution in [0.15, 0.2) is 95.5 Å². The zero-order valence-corrected chi connectivity index (χ0v) is 20.0. The van der Waals surface area contributed by atoms with Crippen LogP contribution in [-0.4, -0.2) is 25.2 Å². The highest BCUT2D eigenvalue weighted by Crippen LogP contribution is 2.33. The molecule has 4 aromatic carbocycles. The average molecular weight is 519 g/mol. The van der Waals surface area contributed by atoms with Gasteiger partial charge in [-0.3, -0.25) is 0 Å². The van der Waals surface area contributed by atoms with E-state index < -0.39 is 11.9 Å². The zero-order valence-electron chi connectivity index (χ0n) is 18.4. The molecule has 0 N–H and O–H groups in total. The van der Waals surface area contributed by atoms with Gasteiger partial charge in [-0.25, -0.2) is 9.59 Å². The number of carbonyl (C=O) groups is 2. The third-order valence-electron chi connectivity index (χ3n) is 5.16. The van der Waals surface area contributed by atoms with Crippen molar-refractivity contribution in [2.75, 3.05) is 13.2 Å². The number of benzene rings is 4. The molecule has 0 saturated carbocycles. The van der Waals surface area contributed by atoms with Crippen LogP contribution >= 0.6 is 15.9 Å². The molecular weight excluding hydrogens is 496 g/mol. The van der Waals surface area contributed by atoms with Crippen LogP contribution in [0.3, 0.4) is 0 Å². The van der Waals surface area contributed by atoms with Gasteiger partial charge in [-0.2, -0.15) is 0 Å². The standard InChI is InChI=1S/C28H23BrO5/c29-27-24-14-5-4-11-21(24)15-16-25(27)33-19-26(30)34-23-13-6-12-22(18-23)28(31)32-17-7-10-20-8-2-1-3-9-20/h1-6,8-9,11-16,18H,7,10,17,19H2. The van der Waals surface area contributed by atoms with Gasteiger partial charge in [-0.1, -0.05) is 66.7 Å². The maximum Gasteiger partial charge on any atom is 0.349 e. The molecule has 0 aliphatic heterocycles. The summed E-state index contributed by atoms with van der Waals surface area (Å²) in [6.45, 7) is 0.0390. The van der Waals surface area contributed by atoms with Crippen molar-refractivity contribution in [3.63, 3.8) is 0 Å². The first kappa shape index (κ1) is 23.5. The molecule has 0 aliphatic carbocycles. The zero-order chi connectivity index (χ0) is 23.8. The van der Waals surface area contributed by atoms with Crippen molar-refractivity contribution < 1.29 is 23.8 Å². The van der Waals surface area contributed by atoms with Crippen LogP contribution in [0.5, 0.6) is 11.5 Å². The molecule has 4 rings (SSSR count). The van der Waals surface area contributed by atoms with Crippen LogP contribution < -0.4 is 9.47 Å². The molecule has 0 unspecified atom stereocenters. The number of esters is 2. The van der Waals surface area contributed by atoms with Gasteiger partial charge in [0.15, 0.2) is 6.61 Å². The second-order valence-corrected chi connectivity index (χ2v) is 8.41. The van der Waals surface area contributed by atoms with E-state index in [2.05, 4.69) is 15.9 Å². The molecule has 0 fully saturated rings. The van der Waals surface area contributed by atoms with E-state index in [1.54, 1.807) is 24.3 Å². The summed E-state index contributed by atoms with van der Waals surface area (Å²) in [4.78, 5) is 24.7. The van der Waals surface area contributed by atoms with Crippen molar-refractivity contribution in [2.45, 2.75) is 12.8 Å². The highest BCUT2D eigenvalue weighted by atomic mass is 79.9. The number of halogens is 1. The van der Waals surface area contributed by atoms with Crippen LogP contribution in [0, 0.1) is 0 Å². The van der Waals surface area contributed by atoms with E-state index in [1.165, 1.54) is 11.6 Å². The Kier molecular flexibility index (Phi) is 7.94. The molecule has 5 nitrogen and oxygen atoms in total. The Balaban J connectivity index is 1.27. The molecule has 6 heteroatoms. The third kappa shape index (κ3) is 6.23. The second kappa shape index (κ2) is 11.5. The molecule has 0 heterocycles. The van der Waals surface area contributed by atoms with Crippen LogP contribution in [0.4, 0.5) is 0 Å². The number of ether oxygens (including phenoxy) is 3. The smallest absolute Gasteiger partial charge is 0.349 e. The molecule has 34 heavy (non-hydrogen) atoms. The van der Waals surface area contributed by atoms with Crippen molar-refractivity contribution in [1.82, 2.24) is 0 Å². The van der Waals surface area contributed by atoms with Gasteiger partial charge < -0.3 is 14.2 Å². The highest BCUT2D eigenvalue weighted by Gasteiger charge is 2.13. The van der Waals surface area contributed by atoms with Crippen LogP contribution in [0.25, 0.3) is 10.8 Å². The Labute approximate surface area is 206 Å². The largest absolute Gasteiger partial charge is 0.481 e. The van der Waals surface area contributed by atoms with Gasteiger partial charge >= 0.3 is 11.9 Å². The van der Waals surface area contributed by atoms with Crippen molar-refractivity contribution in [3.05, 3.63) is 107 Å². The third-order valence-corrected chi connectivity index (χ3v) is 5.98. The Morgan fingerprint density at radius 1 is 0.824 bits per heavy atom. The van der Waals surface area contributed by atoms with Crippen LogP contribution in [0.2, 0.25) is 0 Å². The van der Waals surface area contributed by atoms with Gasteiger partial charge in [0.05, 0.1) is 16.6 Å². The molecule has 4 aromatic rings. The maximum atomic E-state index is 12.4. The van der Waals surface area contributed by atoms with Gasteiger partial charge in [0.2, 0.25) is 0 Å². The summed E-state index contributed by atoms with van der Waals surface area (Å²) in [5.74, 6) is -0.232. The SMILES string of the molecule is O=C(COc1ccc2ccccc2c1Br)Oc1cccc(C(=O)OCCCc2ccccc2)c1. The Morgan fingerprint density at radius 2 is 1.62 bits per heavy atom. The molecule has 0 saturated heterocycles. The van der Waals surface area contributed by atoms with E-state index in [0.717, 1.165) is 28.1 Å². The minimum Gasteiger partial charge on any atom is -0.481 e. The van der Waals surface area contributed by atoms with Gasteiger partial charge in [0, 0.05) is 0 Å². The summed E-state index contributed by atoms with van der Waals surface area (Å²) in [6, 6.07) is 28.0. The lowest BCUT2D eigenvalue weighted by molar-refractivity contribution is -0.136. The number of rotatable bonds is 9. The summed E-state index contributed by atoms with van der Waals surface area (Å²) < 4.78 is 17.1. The number of hydrogen-bond acceptors (Lipinski definition) is 5. The average Bonchev–Trinajstić information content (AvgIpc) is 2.87. The predicted molar refractivity (Wildman–Crippen MR) is 134 cm³/mol. The predicted octanol–water partition coefficient (Wildman–Crippen LogP) is 6.38. The molecule has 0 aliphatic rings. The number of hydrogen-bond donors (Lipinski definition) is 0. The quantitative estimate of drug-likeness (QED) is 0.146. The monoisotopic (exact) mass is 518 g/mol.